The number of anilines is 1. The van der Waals surface area contributed by atoms with Gasteiger partial charge < -0.3 is 15.0 Å². The molecule has 124 valence electrons. The standard InChI is InChI=1S/C19H20N2O3/c1-13-4-3-5-14(10-13)19(23)20-15-11-18(22)21(12-15)16-6-8-17(24-2)9-7-16/h3-10,15H,11-12H2,1-2H3,(H,20,23). The summed E-state index contributed by atoms with van der Waals surface area (Å²) < 4.78 is 5.13. The molecule has 1 fully saturated rings. The molecule has 5 heteroatoms. The van der Waals surface area contributed by atoms with Crippen molar-refractivity contribution in [3.63, 3.8) is 0 Å². The van der Waals surface area contributed by atoms with E-state index in [0.717, 1.165) is 17.0 Å². The number of methoxy groups -OCH3 is 1. The van der Waals surface area contributed by atoms with E-state index in [9.17, 15) is 9.59 Å². The molecule has 1 unspecified atom stereocenters. The predicted molar refractivity (Wildman–Crippen MR) is 92.4 cm³/mol. The Morgan fingerprint density at radius 2 is 1.96 bits per heavy atom. The van der Waals surface area contributed by atoms with Gasteiger partial charge in [-0.2, -0.15) is 0 Å². The van der Waals surface area contributed by atoms with Gasteiger partial charge in [0.2, 0.25) is 5.91 Å². The van der Waals surface area contributed by atoms with Crippen LogP contribution in [-0.2, 0) is 4.79 Å². The third-order valence-electron chi connectivity index (χ3n) is 4.12. The SMILES string of the molecule is COc1ccc(N2CC(NC(=O)c3cccc(C)c3)CC2=O)cc1. The Morgan fingerprint density at radius 1 is 1.21 bits per heavy atom. The third kappa shape index (κ3) is 3.40. The lowest BCUT2D eigenvalue weighted by Crippen LogP contribution is -2.37. The molecule has 1 aliphatic heterocycles. The van der Waals surface area contributed by atoms with Crippen LogP contribution in [0.4, 0.5) is 5.69 Å². The van der Waals surface area contributed by atoms with Gasteiger partial charge in [0, 0.05) is 24.2 Å². The van der Waals surface area contributed by atoms with E-state index in [2.05, 4.69) is 5.32 Å². The number of carbonyl (C=O) groups excluding carboxylic acids is 2. The largest absolute Gasteiger partial charge is 0.497 e. The molecule has 5 nitrogen and oxygen atoms in total. The number of rotatable bonds is 4. The number of carbonyl (C=O) groups is 2. The third-order valence-corrected chi connectivity index (χ3v) is 4.12. The van der Waals surface area contributed by atoms with Crippen LogP contribution in [0.1, 0.15) is 22.3 Å². The van der Waals surface area contributed by atoms with Gasteiger partial charge in [0.05, 0.1) is 13.2 Å². The Labute approximate surface area is 141 Å². The average Bonchev–Trinajstić information content (AvgIpc) is 2.95. The van der Waals surface area contributed by atoms with Gasteiger partial charge in [0.1, 0.15) is 5.75 Å². The maximum atomic E-state index is 12.3. The maximum absolute atomic E-state index is 12.3. The van der Waals surface area contributed by atoms with E-state index in [0.29, 0.717) is 18.5 Å². The Hall–Kier alpha value is -2.82. The first-order chi connectivity index (χ1) is 11.6. The zero-order valence-corrected chi connectivity index (χ0v) is 13.8. The normalized spacial score (nSPS) is 17.0. The van der Waals surface area contributed by atoms with Crippen molar-refractivity contribution in [1.82, 2.24) is 5.32 Å². The first-order valence-corrected chi connectivity index (χ1v) is 7.89. The van der Waals surface area contributed by atoms with Crippen molar-refractivity contribution in [2.75, 3.05) is 18.6 Å². The molecule has 0 aromatic heterocycles. The summed E-state index contributed by atoms with van der Waals surface area (Å²) in [4.78, 5) is 26.3. The lowest BCUT2D eigenvalue weighted by molar-refractivity contribution is -0.117. The number of aryl methyl sites for hydroxylation is 1. The summed E-state index contributed by atoms with van der Waals surface area (Å²) in [5.74, 6) is 0.609. The van der Waals surface area contributed by atoms with Gasteiger partial charge in [-0.1, -0.05) is 17.7 Å². The summed E-state index contributed by atoms with van der Waals surface area (Å²) in [7, 11) is 1.60. The molecule has 1 N–H and O–H groups in total. The molecule has 2 amide bonds. The van der Waals surface area contributed by atoms with Gasteiger partial charge >= 0.3 is 0 Å². The second-order valence-electron chi connectivity index (χ2n) is 5.95. The van der Waals surface area contributed by atoms with Gasteiger partial charge in [-0.05, 0) is 43.3 Å². The minimum atomic E-state index is -0.187. The highest BCUT2D eigenvalue weighted by Crippen LogP contribution is 2.24. The van der Waals surface area contributed by atoms with E-state index in [1.165, 1.54) is 0 Å². The Balaban J connectivity index is 1.67. The minimum Gasteiger partial charge on any atom is -0.497 e. The first kappa shape index (κ1) is 16.1. The van der Waals surface area contributed by atoms with Gasteiger partial charge in [-0.25, -0.2) is 0 Å². The summed E-state index contributed by atoms with van der Waals surface area (Å²) in [5, 5.41) is 2.95. The fourth-order valence-corrected chi connectivity index (χ4v) is 2.87. The zero-order valence-electron chi connectivity index (χ0n) is 13.8. The first-order valence-electron chi connectivity index (χ1n) is 7.89. The van der Waals surface area contributed by atoms with Gasteiger partial charge in [0.25, 0.3) is 5.91 Å². The van der Waals surface area contributed by atoms with Crippen molar-refractivity contribution in [3.05, 3.63) is 59.7 Å². The number of hydrogen-bond acceptors (Lipinski definition) is 3. The molecule has 1 heterocycles. The highest BCUT2D eigenvalue weighted by atomic mass is 16.5. The van der Waals surface area contributed by atoms with Crippen LogP contribution in [0, 0.1) is 6.92 Å². The summed E-state index contributed by atoms with van der Waals surface area (Å²) in [6, 6.07) is 14.6. The molecule has 0 bridgehead atoms. The van der Waals surface area contributed by atoms with Crippen LogP contribution in [0.15, 0.2) is 48.5 Å². The van der Waals surface area contributed by atoms with E-state index in [4.69, 9.17) is 4.74 Å². The molecule has 24 heavy (non-hydrogen) atoms. The quantitative estimate of drug-likeness (QED) is 0.940. The number of nitrogens with one attached hydrogen (secondary N) is 1. The average molecular weight is 324 g/mol. The minimum absolute atomic E-state index is 0.00899. The van der Waals surface area contributed by atoms with E-state index in [1.807, 2.05) is 49.4 Å². The molecular formula is C19H20N2O3. The van der Waals surface area contributed by atoms with Crippen molar-refractivity contribution in [2.45, 2.75) is 19.4 Å². The van der Waals surface area contributed by atoms with Gasteiger partial charge in [-0.15, -0.1) is 0 Å². The predicted octanol–water partition coefficient (Wildman–Crippen LogP) is 2.54. The van der Waals surface area contributed by atoms with Crippen LogP contribution in [0.3, 0.4) is 0 Å². The molecule has 2 aromatic rings. The molecule has 0 spiro atoms. The van der Waals surface area contributed by atoms with Crippen LogP contribution in [0.25, 0.3) is 0 Å². The molecule has 0 radical (unpaired) electrons. The number of amides is 2. The number of hydrogen-bond donors (Lipinski definition) is 1. The molecular weight excluding hydrogens is 304 g/mol. The number of nitrogens with zero attached hydrogens (tertiary/aromatic N) is 1. The molecule has 0 saturated carbocycles. The fourth-order valence-electron chi connectivity index (χ4n) is 2.87. The van der Waals surface area contributed by atoms with Crippen LogP contribution in [0.5, 0.6) is 5.75 Å². The summed E-state index contributed by atoms with van der Waals surface area (Å²) in [5.41, 5.74) is 2.46. The van der Waals surface area contributed by atoms with Crippen molar-refractivity contribution >= 4 is 17.5 Å². The second kappa shape index (κ2) is 6.74. The summed E-state index contributed by atoms with van der Waals surface area (Å²) in [6.45, 7) is 2.42. The van der Waals surface area contributed by atoms with Crippen LogP contribution in [0.2, 0.25) is 0 Å². The van der Waals surface area contributed by atoms with Crippen molar-refractivity contribution in [1.29, 1.82) is 0 Å². The van der Waals surface area contributed by atoms with E-state index in [1.54, 1.807) is 18.1 Å². The van der Waals surface area contributed by atoms with E-state index < -0.39 is 0 Å². The Morgan fingerprint density at radius 3 is 2.62 bits per heavy atom. The van der Waals surface area contributed by atoms with Crippen LogP contribution >= 0.6 is 0 Å². The molecule has 1 saturated heterocycles. The van der Waals surface area contributed by atoms with Crippen LogP contribution in [-0.4, -0.2) is 31.5 Å². The fraction of sp³-hybridized carbons (Fsp3) is 0.263. The van der Waals surface area contributed by atoms with Crippen molar-refractivity contribution in [3.8, 4) is 5.75 Å². The molecule has 3 rings (SSSR count). The van der Waals surface area contributed by atoms with Gasteiger partial charge in [0.15, 0.2) is 0 Å². The monoisotopic (exact) mass is 324 g/mol. The van der Waals surface area contributed by atoms with Crippen molar-refractivity contribution < 1.29 is 14.3 Å². The zero-order chi connectivity index (χ0) is 17.1. The molecule has 1 atom stereocenters. The number of ether oxygens (including phenoxy) is 1. The Kier molecular flexibility index (Phi) is 4.51. The lowest BCUT2D eigenvalue weighted by atomic mass is 10.1. The lowest BCUT2D eigenvalue weighted by Gasteiger charge is -2.17. The van der Waals surface area contributed by atoms with Gasteiger partial charge in [-0.3, -0.25) is 9.59 Å². The summed E-state index contributed by atoms with van der Waals surface area (Å²) in [6.07, 6.45) is 0.309. The second-order valence-corrected chi connectivity index (χ2v) is 5.95. The van der Waals surface area contributed by atoms with Crippen LogP contribution < -0.4 is 15.0 Å². The highest BCUT2D eigenvalue weighted by Gasteiger charge is 2.31. The molecule has 2 aromatic carbocycles. The number of benzene rings is 2. The highest BCUT2D eigenvalue weighted by molar-refractivity contribution is 5.99. The summed E-state index contributed by atoms with van der Waals surface area (Å²) >= 11 is 0. The van der Waals surface area contributed by atoms with E-state index >= 15 is 0 Å². The van der Waals surface area contributed by atoms with Crippen molar-refractivity contribution in [2.24, 2.45) is 0 Å². The topological polar surface area (TPSA) is 58.6 Å². The Bertz CT molecular complexity index is 755. The molecule has 0 aliphatic carbocycles. The molecule has 1 aliphatic rings. The smallest absolute Gasteiger partial charge is 0.251 e. The maximum Gasteiger partial charge on any atom is 0.251 e. The van der Waals surface area contributed by atoms with E-state index in [-0.39, 0.29) is 17.9 Å².